The van der Waals surface area contributed by atoms with E-state index in [9.17, 15) is 4.79 Å². The fourth-order valence-electron chi connectivity index (χ4n) is 3.13. The van der Waals surface area contributed by atoms with Gasteiger partial charge in [-0.25, -0.2) is 9.97 Å². The molecule has 1 unspecified atom stereocenters. The minimum Gasteiger partial charge on any atom is -0.324 e. The Hall–Kier alpha value is -2.17. The first-order valence-electron chi connectivity index (χ1n) is 7.97. The fraction of sp³-hybridized carbons (Fsp3) is 0.471. The number of amides is 1. The van der Waals surface area contributed by atoms with Crippen molar-refractivity contribution >= 4 is 11.6 Å². The van der Waals surface area contributed by atoms with Crippen LogP contribution < -0.4 is 5.32 Å². The van der Waals surface area contributed by atoms with Crippen molar-refractivity contribution in [2.75, 3.05) is 5.32 Å². The van der Waals surface area contributed by atoms with Crippen molar-refractivity contribution < 1.29 is 4.79 Å². The summed E-state index contributed by atoms with van der Waals surface area (Å²) in [5.41, 5.74) is 0.743. The topological polar surface area (TPSA) is 59.8 Å². The highest BCUT2D eigenvalue weighted by atomic mass is 16.1. The van der Waals surface area contributed by atoms with E-state index in [1.54, 1.807) is 18.7 Å². The third kappa shape index (κ3) is 3.53. The molecule has 1 atom stereocenters. The van der Waals surface area contributed by atoms with E-state index in [-0.39, 0.29) is 11.8 Å². The third-order valence-corrected chi connectivity index (χ3v) is 4.39. The third-order valence-electron chi connectivity index (χ3n) is 4.39. The molecule has 5 nitrogen and oxygen atoms in total. The lowest BCUT2D eigenvalue weighted by atomic mass is 9.94. The molecule has 0 aliphatic heterocycles. The molecule has 0 spiro atoms. The second kappa shape index (κ2) is 6.73. The van der Waals surface area contributed by atoms with Crippen molar-refractivity contribution in [1.29, 1.82) is 0 Å². The van der Waals surface area contributed by atoms with Gasteiger partial charge in [-0.15, -0.1) is 0 Å². The lowest BCUT2D eigenvalue weighted by molar-refractivity contribution is -0.119. The van der Waals surface area contributed by atoms with Crippen LogP contribution in [0.15, 0.2) is 37.1 Å². The summed E-state index contributed by atoms with van der Waals surface area (Å²) in [6, 6.07) is 3.75. The van der Waals surface area contributed by atoms with E-state index in [1.165, 1.54) is 25.7 Å². The molecule has 116 valence electrons. The van der Waals surface area contributed by atoms with Gasteiger partial charge in [0.15, 0.2) is 0 Å². The summed E-state index contributed by atoms with van der Waals surface area (Å²) in [6.45, 7) is 2.01. The second-order valence-corrected chi connectivity index (χ2v) is 6.15. The minimum absolute atomic E-state index is 0.0522. The zero-order valence-electron chi connectivity index (χ0n) is 12.9. The number of carbonyl (C=O) groups is 1. The molecular formula is C17H22N4O. The van der Waals surface area contributed by atoms with Gasteiger partial charge in [-0.05, 0) is 24.5 Å². The van der Waals surface area contributed by atoms with Crippen molar-refractivity contribution in [3.63, 3.8) is 0 Å². The van der Waals surface area contributed by atoms with Crippen LogP contribution in [-0.4, -0.2) is 20.4 Å². The fourth-order valence-corrected chi connectivity index (χ4v) is 3.13. The zero-order valence-corrected chi connectivity index (χ0v) is 12.9. The van der Waals surface area contributed by atoms with Crippen molar-refractivity contribution in [3.8, 4) is 5.82 Å². The highest BCUT2D eigenvalue weighted by molar-refractivity contribution is 5.92. The van der Waals surface area contributed by atoms with E-state index in [0.29, 0.717) is 0 Å². The summed E-state index contributed by atoms with van der Waals surface area (Å²) >= 11 is 0. The highest BCUT2D eigenvalue weighted by Gasteiger charge is 2.21. The number of hydrogen-bond acceptors (Lipinski definition) is 3. The van der Waals surface area contributed by atoms with Gasteiger partial charge >= 0.3 is 0 Å². The van der Waals surface area contributed by atoms with E-state index in [2.05, 4.69) is 15.3 Å². The van der Waals surface area contributed by atoms with Crippen LogP contribution >= 0.6 is 0 Å². The summed E-state index contributed by atoms with van der Waals surface area (Å²) in [5.74, 6) is 1.65. The molecule has 0 aromatic carbocycles. The SMILES string of the molecule is CC(CC1CCCC1)C(=O)Nc1ccc(-n2ccnc2)nc1. The van der Waals surface area contributed by atoms with Gasteiger partial charge in [0.25, 0.3) is 0 Å². The van der Waals surface area contributed by atoms with Gasteiger partial charge in [-0.2, -0.15) is 0 Å². The van der Waals surface area contributed by atoms with Crippen LogP contribution in [-0.2, 0) is 4.79 Å². The number of hydrogen-bond donors (Lipinski definition) is 1. The van der Waals surface area contributed by atoms with Gasteiger partial charge in [0.05, 0.1) is 11.9 Å². The van der Waals surface area contributed by atoms with E-state index in [4.69, 9.17) is 0 Å². The summed E-state index contributed by atoms with van der Waals surface area (Å²) in [6.07, 6.45) is 13.1. The van der Waals surface area contributed by atoms with E-state index in [1.807, 2.05) is 29.8 Å². The van der Waals surface area contributed by atoms with Crippen molar-refractivity contribution in [2.24, 2.45) is 11.8 Å². The van der Waals surface area contributed by atoms with E-state index >= 15 is 0 Å². The van der Waals surface area contributed by atoms with Crippen LogP contribution in [0.2, 0.25) is 0 Å². The molecule has 3 rings (SSSR count). The summed E-state index contributed by atoms with van der Waals surface area (Å²) < 4.78 is 1.83. The predicted molar refractivity (Wildman–Crippen MR) is 85.7 cm³/mol. The van der Waals surface area contributed by atoms with Gasteiger partial charge in [0.2, 0.25) is 5.91 Å². The Morgan fingerprint density at radius 2 is 2.23 bits per heavy atom. The van der Waals surface area contributed by atoms with Gasteiger partial charge in [-0.1, -0.05) is 32.6 Å². The number of nitrogens with zero attached hydrogens (tertiary/aromatic N) is 3. The first kappa shape index (κ1) is 14.8. The van der Waals surface area contributed by atoms with Gasteiger partial charge in [0, 0.05) is 18.3 Å². The van der Waals surface area contributed by atoms with E-state index < -0.39 is 0 Å². The van der Waals surface area contributed by atoms with Gasteiger partial charge in [0.1, 0.15) is 12.1 Å². The Morgan fingerprint density at radius 1 is 1.41 bits per heavy atom. The number of carbonyl (C=O) groups excluding carboxylic acids is 1. The molecule has 1 amide bonds. The summed E-state index contributed by atoms with van der Waals surface area (Å²) in [4.78, 5) is 20.6. The minimum atomic E-state index is 0.0522. The van der Waals surface area contributed by atoms with Crippen LogP contribution in [0.5, 0.6) is 0 Å². The Labute approximate surface area is 130 Å². The molecule has 2 heterocycles. The Kier molecular flexibility index (Phi) is 4.51. The molecule has 1 aliphatic rings. The molecule has 1 fully saturated rings. The molecule has 0 bridgehead atoms. The van der Waals surface area contributed by atoms with Crippen molar-refractivity contribution in [1.82, 2.24) is 14.5 Å². The van der Waals surface area contributed by atoms with Crippen LogP contribution in [0.4, 0.5) is 5.69 Å². The monoisotopic (exact) mass is 298 g/mol. The number of rotatable bonds is 5. The molecule has 22 heavy (non-hydrogen) atoms. The Balaban J connectivity index is 1.56. The molecular weight excluding hydrogens is 276 g/mol. The lowest BCUT2D eigenvalue weighted by Gasteiger charge is -2.16. The predicted octanol–water partition coefficient (Wildman–Crippen LogP) is 3.42. The molecule has 2 aromatic heterocycles. The Bertz CT molecular complexity index is 600. The highest BCUT2D eigenvalue weighted by Crippen LogP contribution is 2.30. The molecule has 0 saturated heterocycles. The van der Waals surface area contributed by atoms with Crippen molar-refractivity contribution in [2.45, 2.75) is 39.0 Å². The standard InChI is InChI=1S/C17H22N4O/c1-13(10-14-4-2-3-5-14)17(22)20-15-6-7-16(19-11-15)21-9-8-18-12-21/h6-9,11-14H,2-5,10H2,1H3,(H,20,22). The Morgan fingerprint density at radius 3 is 2.86 bits per heavy atom. The smallest absolute Gasteiger partial charge is 0.227 e. The maximum Gasteiger partial charge on any atom is 0.227 e. The average molecular weight is 298 g/mol. The van der Waals surface area contributed by atoms with Crippen molar-refractivity contribution in [3.05, 3.63) is 37.1 Å². The normalized spacial score (nSPS) is 16.6. The molecule has 1 aliphatic carbocycles. The number of nitrogens with one attached hydrogen (secondary N) is 1. The van der Waals surface area contributed by atoms with Crippen LogP contribution in [0.3, 0.4) is 0 Å². The first-order valence-corrected chi connectivity index (χ1v) is 7.97. The molecule has 1 N–H and O–H groups in total. The van der Waals surface area contributed by atoms with E-state index in [0.717, 1.165) is 23.8 Å². The summed E-state index contributed by atoms with van der Waals surface area (Å²) in [7, 11) is 0. The zero-order chi connectivity index (χ0) is 15.4. The molecule has 5 heteroatoms. The molecule has 2 aromatic rings. The van der Waals surface area contributed by atoms with Gasteiger partial charge < -0.3 is 5.32 Å². The quantitative estimate of drug-likeness (QED) is 0.920. The molecule has 0 radical (unpaired) electrons. The molecule has 1 saturated carbocycles. The number of pyridine rings is 1. The number of aromatic nitrogens is 3. The largest absolute Gasteiger partial charge is 0.324 e. The number of imidazole rings is 1. The maximum atomic E-state index is 12.3. The van der Waals surface area contributed by atoms with Crippen LogP contribution in [0.1, 0.15) is 39.0 Å². The van der Waals surface area contributed by atoms with Crippen LogP contribution in [0, 0.1) is 11.8 Å². The van der Waals surface area contributed by atoms with Crippen LogP contribution in [0.25, 0.3) is 5.82 Å². The first-order chi connectivity index (χ1) is 10.7. The summed E-state index contributed by atoms with van der Waals surface area (Å²) in [5, 5.41) is 2.96. The van der Waals surface area contributed by atoms with Gasteiger partial charge in [-0.3, -0.25) is 9.36 Å². The lowest BCUT2D eigenvalue weighted by Crippen LogP contribution is -2.22. The second-order valence-electron chi connectivity index (χ2n) is 6.15. The number of anilines is 1. The average Bonchev–Trinajstić information content (AvgIpc) is 3.21. The maximum absolute atomic E-state index is 12.3.